The van der Waals surface area contributed by atoms with Crippen LogP contribution in [0.25, 0.3) is 0 Å². The van der Waals surface area contributed by atoms with Gasteiger partial charge in [0.05, 0.1) is 12.5 Å². The van der Waals surface area contributed by atoms with Gasteiger partial charge in [-0.25, -0.2) is 0 Å². The van der Waals surface area contributed by atoms with Crippen LogP contribution in [0.3, 0.4) is 0 Å². The normalized spacial score (nSPS) is 34.2. The molecule has 0 saturated heterocycles. The fourth-order valence-electron chi connectivity index (χ4n) is 2.43. The molecule has 0 N–H and O–H groups in total. The van der Waals surface area contributed by atoms with Gasteiger partial charge in [0.2, 0.25) is 0 Å². The van der Waals surface area contributed by atoms with Crippen LogP contribution in [0.5, 0.6) is 0 Å². The van der Waals surface area contributed by atoms with E-state index in [1.807, 2.05) is 6.92 Å². The predicted molar refractivity (Wildman–Crippen MR) is 54.6 cm³/mol. The van der Waals surface area contributed by atoms with Crippen LogP contribution in [-0.2, 0) is 9.53 Å². The summed E-state index contributed by atoms with van der Waals surface area (Å²) in [5, 5.41) is 0. The molecule has 1 fully saturated rings. The van der Waals surface area contributed by atoms with E-state index >= 15 is 0 Å². The van der Waals surface area contributed by atoms with E-state index in [9.17, 15) is 4.79 Å². The van der Waals surface area contributed by atoms with Crippen molar-refractivity contribution in [2.24, 2.45) is 17.8 Å². The summed E-state index contributed by atoms with van der Waals surface area (Å²) in [6.45, 7) is 2.35. The summed E-state index contributed by atoms with van der Waals surface area (Å²) in [6.07, 6.45) is 10.6. The molecule has 2 aliphatic carbocycles. The van der Waals surface area contributed by atoms with E-state index in [0.29, 0.717) is 18.4 Å². The Bertz CT molecular complexity index is 278. The summed E-state index contributed by atoms with van der Waals surface area (Å²) >= 11 is 0. The van der Waals surface area contributed by atoms with Crippen molar-refractivity contribution in [2.45, 2.75) is 19.8 Å². The minimum atomic E-state index is -0.0139. The van der Waals surface area contributed by atoms with Crippen LogP contribution >= 0.6 is 0 Å². The third kappa shape index (κ3) is 1.74. The summed E-state index contributed by atoms with van der Waals surface area (Å²) in [7, 11) is 0. The second-order valence-corrected chi connectivity index (χ2v) is 4.02. The molecule has 2 nitrogen and oxygen atoms in total. The van der Waals surface area contributed by atoms with Crippen molar-refractivity contribution in [3.8, 4) is 0 Å². The Kier molecular flexibility index (Phi) is 2.71. The quantitative estimate of drug-likeness (QED) is 0.628. The van der Waals surface area contributed by atoms with Crippen LogP contribution in [0.1, 0.15) is 19.8 Å². The Hall–Kier alpha value is -1.05. The molecule has 0 radical (unpaired) electrons. The van der Waals surface area contributed by atoms with E-state index in [1.165, 1.54) is 0 Å². The molecule has 0 aromatic carbocycles. The minimum Gasteiger partial charge on any atom is -0.466 e. The number of ether oxygens (including phenoxy) is 1. The molecule has 0 spiro atoms. The highest BCUT2D eigenvalue weighted by Crippen LogP contribution is 2.40. The van der Waals surface area contributed by atoms with Crippen molar-refractivity contribution in [1.29, 1.82) is 0 Å². The molecule has 0 unspecified atom stereocenters. The van der Waals surface area contributed by atoms with E-state index in [4.69, 9.17) is 4.74 Å². The van der Waals surface area contributed by atoms with E-state index < -0.39 is 0 Å². The first-order valence-corrected chi connectivity index (χ1v) is 5.33. The fourth-order valence-corrected chi connectivity index (χ4v) is 2.43. The molecule has 2 aliphatic rings. The van der Waals surface area contributed by atoms with Crippen molar-refractivity contribution in [2.75, 3.05) is 6.61 Å². The van der Waals surface area contributed by atoms with Crippen molar-refractivity contribution >= 4 is 5.97 Å². The molecular weight excluding hydrogens is 176 g/mol. The molecule has 2 heteroatoms. The van der Waals surface area contributed by atoms with Gasteiger partial charge in [0, 0.05) is 0 Å². The summed E-state index contributed by atoms with van der Waals surface area (Å²) in [5.74, 6) is 1.06. The molecule has 1 saturated carbocycles. The summed E-state index contributed by atoms with van der Waals surface area (Å²) < 4.78 is 5.08. The Labute approximate surface area is 84.6 Å². The number of rotatable bonds is 2. The maximum Gasteiger partial charge on any atom is 0.309 e. The van der Waals surface area contributed by atoms with E-state index in [-0.39, 0.29) is 11.9 Å². The van der Waals surface area contributed by atoms with E-state index in [1.54, 1.807) is 0 Å². The lowest BCUT2D eigenvalue weighted by Gasteiger charge is -2.14. The smallest absolute Gasteiger partial charge is 0.309 e. The molecule has 0 heterocycles. The molecule has 14 heavy (non-hydrogen) atoms. The predicted octanol–water partition coefficient (Wildman–Crippen LogP) is 2.32. The maximum atomic E-state index is 11.6. The van der Waals surface area contributed by atoms with E-state index in [2.05, 4.69) is 24.3 Å². The molecule has 0 aromatic heterocycles. The number of esters is 1. The molecular formula is C12H16O2. The van der Waals surface area contributed by atoms with Gasteiger partial charge in [-0.1, -0.05) is 24.3 Å². The molecule has 2 rings (SSSR count). The lowest BCUT2D eigenvalue weighted by Crippen LogP contribution is -2.20. The Morgan fingerprint density at radius 1 is 1.36 bits per heavy atom. The van der Waals surface area contributed by atoms with Gasteiger partial charge in [-0.3, -0.25) is 4.79 Å². The van der Waals surface area contributed by atoms with Crippen LogP contribution in [0.2, 0.25) is 0 Å². The van der Waals surface area contributed by atoms with Gasteiger partial charge < -0.3 is 4.74 Å². The number of hydrogen-bond acceptors (Lipinski definition) is 2. The summed E-state index contributed by atoms with van der Waals surface area (Å²) in [4.78, 5) is 11.6. The lowest BCUT2D eigenvalue weighted by molar-refractivity contribution is -0.148. The van der Waals surface area contributed by atoms with Gasteiger partial charge in [-0.15, -0.1) is 0 Å². The number of hydrogen-bond donors (Lipinski definition) is 0. The standard InChI is InChI=1S/C12H16O2/c1-2-14-12(13)11-8-9-5-3-4-6-10(11)7-9/h3-6,9-11H,2,7-8H2,1H3/t9-,10+,11-/m0/s1. The summed E-state index contributed by atoms with van der Waals surface area (Å²) in [6, 6.07) is 0. The van der Waals surface area contributed by atoms with Crippen LogP contribution < -0.4 is 0 Å². The first-order valence-electron chi connectivity index (χ1n) is 5.33. The van der Waals surface area contributed by atoms with E-state index in [0.717, 1.165) is 12.8 Å². The van der Waals surface area contributed by atoms with Gasteiger partial charge in [-0.2, -0.15) is 0 Å². The molecule has 0 amide bonds. The Morgan fingerprint density at radius 3 is 2.93 bits per heavy atom. The largest absolute Gasteiger partial charge is 0.466 e. The van der Waals surface area contributed by atoms with Gasteiger partial charge in [0.1, 0.15) is 0 Å². The van der Waals surface area contributed by atoms with Crippen LogP contribution in [0.4, 0.5) is 0 Å². The Morgan fingerprint density at radius 2 is 2.14 bits per heavy atom. The van der Waals surface area contributed by atoms with Gasteiger partial charge in [0.25, 0.3) is 0 Å². The first-order chi connectivity index (χ1) is 6.81. The molecule has 3 atom stereocenters. The molecule has 0 aromatic rings. The zero-order valence-corrected chi connectivity index (χ0v) is 8.48. The number of fused-ring (bicyclic) bond motifs is 2. The minimum absolute atomic E-state index is 0.0139. The zero-order chi connectivity index (χ0) is 9.97. The van der Waals surface area contributed by atoms with Crippen molar-refractivity contribution in [3.63, 3.8) is 0 Å². The average Bonchev–Trinajstić information content (AvgIpc) is 2.38. The Balaban J connectivity index is 2.06. The number of carbonyl (C=O) groups is 1. The van der Waals surface area contributed by atoms with Crippen molar-refractivity contribution in [3.05, 3.63) is 24.3 Å². The lowest BCUT2D eigenvalue weighted by atomic mass is 9.95. The highest BCUT2D eigenvalue weighted by atomic mass is 16.5. The highest BCUT2D eigenvalue weighted by molar-refractivity contribution is 5.73. The van der Waals surface area contributed by atoms with Crippen molar-refractivity contribution < 1.29 is 9.53 Å². The molecule has 76 valence electrons. The maximum absolute atomic E-state index is 11.6. The van der Waals surface area contributed by atoms with Gasteiger partial charge in [-0.05, 0) is 31.6 Å². The number of carbonyl (C=O) groups excluding carboxylic acids is 1. The second-order valence-electron chi connectivity index (χ2n) is 4.02. The number of allylic oxidation sites excluding steroid dienone is 4. The van der Waals surface area contributed by atoms with Crippen LogP contribution in [0, 0.1) is 17.8 Å². The third-order valence-corrected chi connectivity index (χ3v) is 3.09. The van der Waals surface area contributed by atoms with Crippen LogP contribution in [-0.4, -0.2) is 12.6 Å². The fraction of sp³-hybridized carbons (Fsp3) is 0.583. The summed E-state index contributed by atoms with van der Waals surface area (Å²) in [5.41, 5.74) is 0. The average molecular weight is 192 g/mol. The molecule has 2 bridgehead atoms. The molecule has 0 aliphatic heterocycles. The van der Waals surface area contributed by atoms with Crippen LogP contribution in [0.15, 0.2) is 24.3 Å². The first kappa shape index (κ1) is 9.50. The van der Waals surface area contributed by atoms with Gasteiger partial charge in [0.15, 0.2) is 0 Å². The monoisotopic (exact) mass is 192 g/mol. The second kappa shape index (κ2) is 3.99. The van der Waals surface area contributed by atoms with Crippen molar-refractivity contribution in [1.82, 2.24) is 0 Å². The topological polar surface area (TPSA) is 26.3 Å². The third-order valence-electron chi connectivity index (χ3n) is 3.09. The van der Waals surface area contributed by atoms with Gasteiger partial charge >= 0.3 is 5.97 Å². The zero-order valence-electron chi connectivity index (χ0n) is 8.48. The SMILES string of the molecule is CCOC(=O)[C@H]1C[C@H]2C=CC=C[C@@H]1C2. The highest BCUT2D eigenvalue weighted by Gasteiger charge is 2.37.